The van der Waals surface area contributed by atoms with Gasteiger partial charge >= 0.3 is 0 Å². The molecule has 4 N–H and O–H groups in total. The molecule has 2 rings (SSSR count). The molecule has 0 heterocycles. The summed E-state index contributed by atoms with van der Waals surface area (Å²) >= 11 is 5.91. The summed E-state index contributed by atoms with van der Waals surface area (Å²) in [5, 5.41) is 0.733. The first-order valence-electron chi connectivity index (χ1n) is 6.45. The fourth-order valence-corrected chi connectivity index (χ4v) is 2.42. The Morgan fingerprint density at radius 2 is 1.58 bits per heavy atom. The quantitative estimate of drug-likeness (QED) is 0.881. The van der Waals surface area contributed by atoms with Crippen LogP contribution in [0, 0.1) is 0 Å². The minimum Gasteiger partial charge on any atom is -0.330 e. The fraction of sp³-hybridized carbons (Fsp3) is 0.250. The zero-order valence-corrected chi connectivity index (χ0v) is 11.6. The van der Waals surface area contributed by atoms with E-state index < -0.39 is 0 Å². The third-order valence-electron chi connectivity index (χ3n) is 3.38. The first kappa shape index (κ1) is 14.1. The average Bonchev–Trinajstić information content (AvgIpc) is 2.43. The van der Waals surface area contributed by atoms with Gasteiger partial charge in [-0.25, -0.2) is 0 Å². The molecule has 2 aromatic carbocycles. The first-order chi connectivity index (χ1) is 9.20. The Balaban J connectivity index is 2.11. The second-order valence-corrected chi connectivity index (χ2v) is 5.18. The number of hydrogen-bond acceptors (Lipinski definition) is 2. The van der Waals surface area contributed by atoms with Gasteiger partial charge in [0.1, 0.15) is 0 Å². The standard InChI is InChI=1S/C16H19ClN2/c17-14-8-6-13(7-9-14)15(11-18)16(19)10-12-4-2-1-3-5-12/h1-9,15-16H,10-11,18-19H2. The van der Waals surface area contributed by atoms with E-state index in [2.05, 4.69) is 12.1 Å². The van der Waals surface area contributed by atoms with Crippen LogP contribution < -0.4 is 11.5 Å². The van der Waals surface area contributed by atoms with Gasteiger partial charge in [0.15, 0.2) is 0 Å². The predicted octanol–water partition coefficient (Wildman–Crippen LogP) is 2.95. The van der Waals surface area contributed by atoms with Crippen molar-refractivity contribution in [3.63, 3.8) is 0 Å². The van der Waals surface area contributed by atoms with Crippen molar-refractivity contribution in [2.75, 3.05) is 6.54 Å². The van der Waals surface area contributed by atoms with Crippen LogP contribution in [0.3, 0.4) is 0 Å². The second-order valence-electron chi connectivity index (χ2n) is 4.75. The van der Waals surface area contributed by atoms with E-state index in [4.69, 9.17) is 23.1 Å². The van der Waals surface area contributed by atoms with Crippen molar-refractivity contribution in [3.05, 3.63) is 70.7 Å². The summed E-state index contributed by atoms with van der Waals surface area (Å²) in [6, 6.07) is 18.0. The van der Waals surface area contributed by atoms with E-state index in [1.807, 2.05) is 42.5 Å². The van der Waals surface area contributed by atoms with Crippen molar-refractivity contribution < 1.29 is 0 Å². The van der Waals surface area contributed by atoms with Gasteiger partial charge in [-0.1, -0.05) is 54.1 Å². The van der Waals surface area contributed by atoms with Crippen LogP contribution in [0.25, 0.3) is 0 Å². The fourth-order valence-electron chi connectivity index (χ4n) is 2.30. The van der Waals surface area contributed by atoms with Crippen LogP contribution in [0.15, 0.2) is 54.6 Å². The summed E-state index contributed by atoms with van der Waals surface area (Å²) in [7, 11) is 0. The van der Waals surface area contributed by atoms with E-state index in [1.165, 1.54) is 5.56 Å². The Morgan fingerprint density at radius 3 is 2.16 bits per heavy atom. The van der Waals surface area contributed by atoms with Gasteiger partial charge in [-0.05, 0) is 29.7 Å². The molecule has 0 saturated carbocycles. The minimum absolute atomic E-state index is 0.00794. The summed E-state index contributed by atoms with van der Waals surface area (Å²) in [5.41, 5.74) is 14.6. The van der Waals surface area contributed by atoms with Crippen molar-refractivity contribution in [3.8, 4) is 0 Å². The highest BCUT2D eigenvalue weighted by Gasteiger charge is 2.18. The zero-order chi connectivity index (χ0) is 13.7. The van der Waals surface area contributed by atoms with Gasteiger partial charge in [0.05, 0.1) is 0 Å². The maximum atomic E-state index is 6.32. The molecule has 0 aliphatic carbocycles. The minimum atomic E-state index is 0.00794. The molecule has 0 amide bonds. The highest BCUT2D eigenvalue weighted by molar-refractivity contribution is 6.30. The molecule has 0 bridgehead atoms. The molecule has 2 atom stereocenters. The van der Waals surface area contributed by atoms with Crippen molar-refractivity contribution in [2.24, 2.45) is 11.5 Å². The average molecular weight is 275 g/mol. The van der Waals surface area contributed by atoms with Gasteiger partial charge in [0, 0.05) is 23.5 Å². The Kier molecular flexibility index (Phi) is 4.97. The number of hydrogen-bond donors (Lipinski definition) is 2. The monoisotopic (exact) mass is 274 g/mol. The largest absolute Gasteiger partial charge is 0.330 e. The number of rotatable bonds is 5. The lowest BCUT2D eigenvalue weighted by Gasteiger charge is -2.23. The molecular weight excluding hydrogens is 256 g/mol. The van der Waals surface area contributed by atoms with Crippen LogP contribution in [-0.4, -0.2) is 12.6 Å². The van der Waals surface area contributed by atoms with E-state index in [-0.39, 0.29) is 12.0 Å². The summed E-state index contributed by atoms with van der Waals surface area (Å²) in [4.78, 5) is 0. The molecule has 100 valence electrons. The summed E-state index contributed by atoms with van der Waals surface area (Å²) < 4.78 is 0. The number of halogens is 1. The lowest BCUT2D eigenvalue weighted by Crippen LogP contribution is -2.35. The molecule has 0 aromatic heterocycles. The molecule has 0 spiro atoms. The van der Waals surface area contributed by atoms with Gasteiger partial charge in [-0.2, -0.15) is 0 Å². The Labute approximate surface area is 119 Å². The molecule has 19 heavy (non-hydrogen) atoms. The Bertz CT molecular complexity index is 496. The molecule has 0 fully saturated rings. The number of benzene rings is 2. The highest BCUT2D eigenvalue weighted by atomic mass is 35.5. The van der Waals surface area contributed by atoms with Gasteiger partial charge in [0.25, 0.3) is 0 Å². The summed E-state index contributed by atoms with van der Waals surface area (Å²) in [6.45, 7) is 0.537. The topological polar surface area (TPSA) is 52.0 Å². The molecule has 0 aliphatic rings. The SMILES string of the molecule is NCC(c1ccc(Cl)cc1)C(N)Cc1ccccc1. The van der Waals surface area contributed by atoms with E-state index >= 15 is 0 Å². The maximum Gasteiger partial charge on any atom is 0.0406 e. The molecule has 3 heteroatoms. The van der Waals surface area contributed by atoms with E-state index in [1.54, 1.807) is 0 Å². The van der Waals surface area contributed by atoms with Crippen molar-refractivity contribution in [1.29, 1.82) is 0 Å². The molecular formula is C16H19ClN2. The number of nitrogens with two attached hydrogens (primary N) is 2. The second kappa shape index (κ2) is 6.71. The Morgan fingerprint density at radius 1 is 0.947 bits per heavy atom. The smallest absolute Gasteiger partial charge is 0.0406 e. The third kappa shape index (κ3) is 3.80. The van der Waals surface area contributed by atoms with Gasteiger partial charge in [-0.15, -0.1) is 0 Å². The lowest BCUT2D eigenvalue weighted by molar-refractivity contribution is 0.535. The molecule has 0 saturated heterocycles. The van der Waals surface area contributed by atoms with Crippen LogP contribution in [0.1, 0.15) is 17.0 Å². The predicted molar refractivity (Wildman–Crippen MR) is 81.4 cm³/mol. The lowest BCUT2D eigenvalue weighted by atomic mass is 9.88. The van der Waals surface area contributed by atoms with Crippen molar-refractivity contribution in [1.82, 2.24) is 0 Å². The van der Waals surface area contributed by atoms with E-state index in [0.29, 0.717) is 6.54 Å². The van der Waals surface area contributed by atoms with Crippen molar-refractivity contribution in [2.45, 2.75) is 18.4 Å². The van der Waals surface area contributed by atoms with Crippen molar-refractivity contribution >= 4 is 11.6 Å². The first-order valence-corrected chi connectivity index (χ1v) is 6.83. The van der Waals surface area contributed by atoms with Crippen LogP contribution in [-0.2, 0) is 6.42 Å². The van der Waals surface area contributed by atoms with Crippen LogP contribution in [0.5, 0.6) is 0 Å². The molecule has 0 aliphatic heterocycles. The van der Waals surface area contributed by atoms with Crippen LogP contribution in [0.2, 0.25) is 5.02 Å². The summed E-state index contributed by atoms with van der Waals surface area (Å²) in [6.07, 6.45) is 0.825. The van der Waals surface area contributed by atoms with Gasteiger partial charge in [0.2, 0.25) is 0 Å². The Hall–Kier alpha value is -1.35. The maximum absolute atomic E-state index is 6.32. The molecule has 2 aromatic rings. The van der Waals surface area contributed by atoms with Crippen LogP contribution >= 0.6 is 11.6 Å². The molecule has 2 nitrogen and oxygen atoms in total. The van der Waals surface area contributed by atoms with E-state index in [0.717, 1.165) is 17.0 Å². The van der Waals surface area contributed by atoms with Gasteiger partial charge in [-0.3, -0.25) is 0 Å². The zero-order valence-electron chi connectivity index (χ0n) is 10.8. The highest BCUT2D eigenvalue weighted by Crippen LogP contribution is 2.22. The molecule has 2 unspecified atom stereocenters. The normalized spacial score (nSPS) is 14.1. The third-order valence-corrected chi connectivity index (χ3v) is 3.64. The summed E-state index contributed by atoms with van der Waals surface area (Å²) in [5.74, 6) is 0.150. The van der Waals surface area contributed by atoms with Gasteiger partial charge < -0.3 is 11.5 Å². The van der Waals surface area contributed by atoms with Crippen LogP contribution in [0.4, 0.5) is 0 Å². The molecule has 0 radical (unpaired) electrons. The van der Waals surface area contributed by atoms with E-state index in [9.17, 15) is 0 Å².